The van der Waals surface area contributed by atoms with Crippen LogP contribution in [0.4, 0.5) is 8.78 Å². The molecular formula is C25H24F2N2O3. The second kappa shape index (κ2) is 10.2. The zero-order valence-corrected chi connectivity index (χ0v) is 17.7. The average molecular weight is 438 g/mol. The zero-order valence-electron chi connectivity index (χ0n) is 17.7. The molecule has 0 amide bonds. The molecule has 0 fully saturated rings. The van der Waals surface area contributed by atoms with E-state index in [0.717, 1.165) is 48.2 Å². The predicted octanol–water partition coefficient (Wildman–Crippen LogP) is 5.55. The Morgan fingerprint density at radius 1 is 1.00 bits per heavy atom. The molecule has 0 saturated carbocycles. The number of nitrogens with zero attached hydrogens (tertiary/aromatic N) is 1. The van der Waals surface area contributed by atoms with Crippen molar-refractivity contribution in [1.82, 2.24) is 10.3 Å². The van der Waals surface area contributed by atoms with Gasteiger partial charge in [0, 0.05) is 24.5 Å². The van der Waals surface area contributed by atoms with Crippen molar-refractivity contribution in [1.29, 1.82) is 0 Å². The molecule has 2 aromatic carbocycles. The minimum atomic E-state index is -0.750. The minimum absolute atomic E-state index is 0.0872. The van der Waals surface area contributed by atoms with Crippen LogP contribution in [0.3, 0.4) is 0 Å². The molecule has 0 saturated heterocycles. The Labute approximate surface area is 185 Å². The quantitative estimate of drug-likeness (QED) is 0.329. The molecular weight excluding hydrogens is 414 g/mol. The summed E-state index contributed by atoms with van der Waals surface area (Å²) in [6.45, 7) is 3.90. The van der Waals surface area contributed by atoms with Gasteiger partial charge in [-0.1, -0.05) is 18.2 Å². The monoisotopic (exact) mass is 438 g/mol. The van der Waals surface area contributed by atoms with Gasteiger partial charge in [0.15, 0.2) is 17.4 Å². The summed E-state index contributed by atoms with van der Waals surface area (Å²) in [5.74, 6) is -0.710. The molecule has 0 aliphatic carbocycles. The third-order valence-corrected chi connectivity index (χ3v) is 5.09. The Bertz CT molecular complexity index is 1160. The summed E-state index contributed by atoms with van der Waals surface area (Å²) in [4.78, 5) is 4.10. The van der Waals surface area contributed by atoms with Crippen LogP contribution in [-0.2, 0) is 13.2 Å². The topological polar surface area (TPSA) is 56.5 Å². The number of aryl methyl sites for hydroxylation is 1. The molecule has 166 valence electrons. The number of fused-ring (bicyclic) bond motifs is 1. The van der Waals surface area contributed by atoms with Crippen LogP contribution in [0.1, 0.15) is 23.3 Å². The number of rotatable bonds is 10. The predicted molar refractivity (Wildman–Crippen MR) is 118 cm³/mol. The van der Waals surface area contributed by atoms with Crippen molar-refractivity contribution in [3.05, 3.63) is 89.4 Å². The van der Waals surface area contributed by atoms with Crippen molar-refractivity contribution in [2.45, 2.75) is 26.5 Å². The summed E-state index contributed by atoms with van der Waals surface area (Å²) in [7, 11) is 0. The van der Waals surface area contributed by atoms with Gasteiger partial charge in [0.25, 0.3) is 0 Å². The summed E-state index contributed by atoms with van der Waals surface area (Å²) in [5.41, 5.74) is 2.60. The van der Waals surface area contributed by atoms with Crippen LogP contribution in [-0.4, -0.2) is 18.1 Å². The summed E-state index contributed by atoms with van der Waals surface area (Å²) >= 11 is 0. The largest absolute Gasteiger partial charge is 0.493 e. The average Bonchev–Trinajstić information content (AvgIpc) is 3.13. The van der Waals surface area contributed by atoms with E-state index in [1.165, 1.54) is 6.07 Å². The van der Waals surface area contributed by atoms with Gasteiger partial charge in [-0.15, -0.1) is 0 Å². The number of nitrogens with one attached hydrogen (secondary N) is 1. The molecule has 4 rings (SSSR count). The lowest BCUT2D eigenvalue weighted by molar-refractivity contribution is 0.248. The molecule has 0 unspecified atom stereocenters. The summed E-state index contributed by atoms with van der Waals surface area (Å²) in [6.07, 6.45) is 4.43. The molecule has 4 aromatic rings. The highest BCUT2D eigenvalue weighted by molar-refractivity contribution is 5.88. The van der Waals surface area contributed by atoms with E-state index in [4.69, 9.17) is 13.9 Å². The van der Waals surface area contributed by atoms with Crippen LogP contribution >= 0.6 is 0 Å². The fraction of sp³-hybridized carbons (Fsp3) is 0.240. The summed E-state index contributed by atoms with van der Waals surface area (Å²) < 4.78 is 44.9. The van der Waals surface area contributed by atoms with E-state index >= 15 is 0 Å². The Morgan fingerprint density at radius 2 is 1.81 bits per heavy atom. The van der Waals surface area contributed by atoms with E-state index < -0.39 is 17.4 Å². The van der Waals surface area contributed by atoms with Gasteiger partial charge in [-0.05, 0) is 55.8 Å². The molecule has 1 N–H and O–H groups in total. The van der Waals surface area contributed by atoms with Gasteiger partial charge in [-0.3, -0.25) is 4.98 Å². The number of hydrogen-bond acceptors (Lipinski definition) is 5. The maximum Gasteiger partial charge on any atom is 0.191 e. The van der Waals surface area contributed by atoms with Gasteiger partial charge in [-0.2, -0.15) is 0 Å². The molecule has 0 bridgehead atoms. The lowest BCUT2D eigenvalue weighted by Crippen LogP contribution is -2.17. The number of halogens is 2. The standard InChI is InChI=1S/C25H24F2N2O3/c1-17-23(16-31-25-19(26)7-2-8-20(25)27)32-22-10-3-9-21(24(17)22)30-13-5-12-29-15-18-6-4-11-28-14-18/h2-4,6-11,14,29H,5,12-13,15-16H2,1H3. The lowest BCUT2D eigenvalue weighted by Gasteiger charge is -2.09. The van der Waals surface area contributed by atoms with E-state index in [9.17, 15) is 8.78 Å². The van der Waals surface area contributed by atoms with E-state index in [1.807, 2.05) is 43.5 Å². The zero-order chi connectivity index (χ0) is 22.3. The molecule has 2 aromatic heterocycles. The van der Waals surface area contributed by atoms with Gasteiger partial charge < -0.3 is 19.2 Å². The molecule has 32 heavy (non-hydrogen) atoms. The van der Waals surface area contributed by atoms with Crippen molar-refractivity contribution in [2.24, 2.45) is 0 Å². The summed E-state index contributed by atoms with van der Waals surface area (Å²) in [6, 6.07) is 13.1. The van der Waals surface area contributed by atoms with Gasteiger partial charge in [0.05, 0.1) is 12.0 Å². The van der Waals surface area contributed by atoms with Crippen molar-refractivity contribution < 1.29 is 22.7 Å². The highest BCUT2D eigenvalue weighted by Gasteiger charge is 2.17. The molecule has 0 atom stereocenters. The fourth-order valence-electron chi connectivity index (χ4n) is 3.45. The number of ether oxygens (including phenoxy) is 2. The summed E-state index contributed by atoms with van der Waals surface area (Å²) in [5, 5.41) is 4.20. The van der Waals surface area contributed by atoms with Crippen LogP contribution in [0.25, 0.3) is 11.0 Å². The Kier molecular flexibility index (Phi) is 6.97. The highest BCUT2D eigenvalue weighted by Crippen LogP contribution is 2.34. The second-order valence-electron chi connectivity index (χ2n) is 7.36. The first-order chi connectivity index (χ1) is 15.6. The maximum absolute atomic E-state index is 13.8. The molecule has 0 aliphatic heterocycles. The Hall–Kier alpha value is -3.45. The maximum atomic E-state index is 13.8. The third kappa shape index (κ3) is 5.06. The van der Waals surface area contributed by atoms with E-state index in [0.29, 0.717) is 23.7 Å². The highest BCUT2D eigenvalue weighted by atomic mass is 19.1. The molecule has 7 heteroatoms. The normalized spacial score (nSPS) is 11.1. The second-order valence-corrected chi connectivity index (χ2v) is 7.36. The van der Waals surface area contributed by atoms with Gasteiger partial charge in [0.1, 0.15) is 23.7 Å². The van der Waals surface area contributed by atoms with Gasteiger partial charge >= 0.3 is 0 Å². The SMILES string of the molecule is Cc1c(COc2c(F)cccc2F)oc2cccc(OCCCNCc3cccnc3)c12. The lowest BCUT2D eigenvalue weighted by atomic mass is 10.1. The van der Waals surface area contributed by atoms with Crippen molar-refractivity contribution in [3.63, 3.8) is 0 Å². The van der Waals surface area contributed by atoms with Crippen molar-refractivity contribution in [2.75, 3.05) is 13.2 Å². The number of pyridine rings is 1. The van der Waals surface area contributed by atoms with Gasteiger partial charge in [-0.25, -0.2) is 8.78 Å². The molecule has 0 radical (unpaired) electrons. The number of hydrogen-bond donors (Lipinski definition) is 1. The van der Waals surface area contributed by atoms with Crippen molar-refractivity contribution >= 4 is 11.0 Å². The van der Waals surface area contributed by atoms with Crippen LogP contribution in [0.5, 0.6) is 11.5 Å². The minimum Gasteiger partial charge on any atom is -0.493 e. The Balaban J connectivity index is 1.35. The van der Waals surface area contributed by atoms with Crippen LogP contribution in [0, 0.1) is 18.6 Å². The molecule has 0 aliphatic rings. The first kappa shape index (κ1) is 21.8. The first-order valence-electron chi connectivity index (χ1n) is 10.4. The number of para-hydroxylation sites is 1. The van der Waals surface area contributed by atoms with Crippen molar-refractivity contribution in [3.8, 4) is 11.5 Å². The smallest absolute Gasteiger partial charge is 0.191 e. The number of furan rings is 1. The number of benzene rings is 2. The van der Waals surface area contributed by atoms with E-state index in [1.54, 1.807) is 6.20 Å². The fourth-order valence-corrected chi connectivity index (χ4v) is 3.45. The Morgan fingerprint density at radius 3 is 2.59 bits per heavy atom. The van der Waals surface area contributed by atoms with E-state index in [-0.39, 0.29) is 6.61 Å². The van der Waals surface area contributed by atoms with E-state index in [2.05, 4.69) is 10.3 Å². The first-order valence-corrected chi connectivity index (χ1v) is 10.4. The third-order valence-electron chi connectivity index (χ3n) is 5.09. The number of aromatic nitrogens is 1. The van der Waals surface area contributed by atoms with Crippen LogP contribution in [0.2, 0.25) is 0 Å². The molecule has 2 heterocycles. The molecule has 5 nitrogen and oxygen atoms in total. The van der Waals surface area contributed by atoms with Crippen LogP contribution in [0.15, 0.2) is 65.3 Å². The van der Waals surface area contributed by atoms with Crippen LogP contribution < -0.4 is 14.8 Å². The molecule has 0 spiro atoms. The van der Waals surface area contributed by atoms with Gasteiger partial charge in [0.2, 0.25) is 0 Å².